The van der Waals surface area contributed by atoms with Crippen LogP contribution in [0.1, 0.15) is 25.3 Å². The van der Waals surface area contributed by atoms with Crippen LogP contribution in [0.4, 0.5) is 0 Å². The van der Waals surface area contributed by atoms with E-state index in [1.54, 1.807) is 0 Å². The summed E-state index contributed by atoms with van der Waals surface area (Å²) in [7, 11) is 2.18. The van der Waals surface area contributed by atoms with E-state index in [9.17, 15) is 0 Å². The zero-order chi connectivity index (χ0) is 15.2. The number of thiocarbonyl (C=S) groups is 1. The van der Waals surface area contributed by atoms with Crippen LogP contribution in [0.2, 0.25) is 5.02 Å². The van der Waals surface area contributed by atoms with Gasteiger partial charge in [0, 0.05) is 24.2 Å². The number of likely N-dealkylation sites (tertiary alicyclic amines) is 1. The Morgan fingerprint density at radius 2 is 2.05 bits per heavy atom. The Hall–Kier alpha value is -0.840. The normalized spacial score (nSPS) is 16.7. The molecule has 1 aromatic rings. The van der Waals surface area contributed by atoms with Crippen LogP contribution in [-0.2, 0) is 6.54 Å². The Morgan fingerprint density at radius 1 is 1.38 bits per heavy atom. The van der Waals surface area contributed by atoms with Crippen LogP contribution in [0.25, 0.3) is 0 Å². The van der Waals surface area contributed by atoms with E-state index in [2.05, 4.69) is 35.2 Å². The quantitative estimate of drug-likeness (QED) is 0.857. The van der Waals surface area contributed by atoms with E-state index < -0.39 is 0 Å². The van der Waals surface area contributed by atoms with Crippen LogP contribution in [0.3, 0.4) is 0 Å². The van der Waals surface area contributed by atoms with Crippen LogP contribution in [0, 0.1) is 0 Å². The van der Waals surface area contributed by atoms with Gasteiger partial charge in [-0.1, -0.05) is 29.8 Å². The molecular formula is C16H24ClN3S. The van der Waals surface area contributed by atoms with Crippen molar-refractivity contribution in [2.75, 3.05) is 26.7 Å². The molecule has 0 amide bonds. The minimum atomic E-state index is 0.490. The van der Waals surface area contributed by atoms with Crippen molar-refractivity contribution in [3.63, 3.8) is 0 Å². The molecule has 0 saturated carbocycles. The molecule has 0 spiro atoms. The Morgan fingerprint density at radius 3 is 2.67 bits per heavy atom. The molecule has 1 fully saturated rings. The van der Waals surface area contributed by atoms with Gasteiger partial charge in [0.1, 0.15) is 0 Å². The lowest BCUT2D eigenvalue weighted by atomic mass is 10.0. The Balaban J connectivity index is 2.12. The number of rotatable bonds is 4. The smallest absolute Gasteiger partial charge is 0.169 e. The summed E-state index contributed by atoms with van der Waals surface area (Å²) in [6.45, 7) is 5.95. The molecule has 1 N–H and O–H groups in total. The third-order valence-electron chi connectivity index (χ3n) is 4.02. The van der Waals surface area contributed by atoms with E-state index in [4.69, 9.17) is 23.8 Å². The summed E-state index contributed by atoms with van der Waals surface area (Å²) in [6, 6.07) is 8.52. The van der Waals surface area contributed by atoms with Gasteiger partial charge in [0.2, 0.25) is 0 Å². The molecule has 3 nitrogen and oxygen atoms in total. The minimum Gasteiger partial charge on any atom is -0.363 e. The van der Waals surface area contributed by atoms with Crippen LogP contribution in [-0.4, -0.2) is 47.6 Å². The predicted octanol–water partition coefficient (Wildman–Crippen LogP) is 3.13. The van der Waals surface area contributed by atoms with Crippen molar-refractivity contribution in [3.05, 3.63) is 34.9 Å². The first-order valence-corrected chi connectivity index (χ1v) is 8.37. The molecule has 5 heteroatoms. The van der Waals surface area contributed by atoms with Gasteiger partial charge in [0.05, 0.1) is 0 Å². The van der Waals surface area contributed by atoms with Gasteiger partial charge in [-0.3, -0.25) is 0 Å². The van der Waals surface area contributed by atoms with Gasteiger partial charge in [-0.2, -0.15) is 0 Å². The second kappa shape index (κ2) is 7.97. The molecule has 1 aliphatic heterocycles. The summed E-state index contributed by atoms with van der Waals surface area (Å²) in [4.78, 5) is 4.69. The van der Waals surface area contributed by atoms with Crippen molar-refractivity contribution in [2.24, 2.45) is 0 Å². The summed E-state index contributed by atoms with van der Waals surface area (Å²) >= 11 is 11.9. The third kappa shape index (κ3) is 4.56. The monoisotopic (exact) mass is 325 g/mol. The number of benzene rings is 1. The fourth-order valence-corrected chi connectivity index (χ4v) is 3.29. The van der Waals surface area contributed by atoms with Gasteiger partial charge in [-0.25, -0.2) is 0 Å². The first-order valence-electron chi connectivity index (χ1n) is 7.58. The number of halogens is 1. The van der Waals surface area contributed by atoms with Crippen LogP contribution in [0.5, 0.6) is 0 Å². The largest absolute Gasteiger partial charge is 0.363 e. The highest BCUT2D eigenvalue weighted by atomic mass is 35.5. The minimum absolute atomic E-state index is 0.490. The fraction of sp³-hybridized carbons (Fsp3) is 0.562. The van der Waals surface area contributed by atoms with Gasteiger partial charge >= 0.3 is 0 Å². The molecule has 0 aromatic heterocycles. The Kier molecular flexibility index (Phi) is 6.27. The zero-order valence-corrected chi connectivity index (χ0v) is 14.4. The lowest BCUT2D eigenvalue weighted by Gasteiger charge is -2.39. The molecular weight excluding hydrogens is 302 g/mol. The molecule has 21 heavy (non-hydrogen) atoms. The van der Waals surface area contributed by atoms with E-state index in [-0.39, 0.29) is 0 Å². The number of piperidine rings is 1. The predicted molar refractivity (Wildman–Crippen MR) is 93.8 cm³/mol. The molecule has 0 aliphatic carbocycles. The molecule has 0 unspecified atom stereocenters. The fourth-order valence-electron chi connectivity index (χ4n) is 2.74. The van der Waals surface area contributed by atoms with Crippen molar-refractivity contribution < 1.29 is 0 Å². The summed E-state index contributed by atoms with van der Waals surface area (Å²) in [5.41, 5.74) is 1.14. The average molecular weight is 326 g/mol. The topological polar surface area (TPSA) is 18.5 Å². The van der Waals surface area contributed by atoms with Crippen LogP contribution in [0.15, 0.2) is 24.3 Å². The van der Waals surface area contributed by atoms with Gasteiger partial charge in [-0.05, 0) is 63.8 Å². The standard InChI is InChI=1S/C16H24ClN3S/c1-3-18-16(21)20(14-8-10-19(2)11-9-14)12-13-6-4-5-7-15(13)17/h4-7,14H,3,8-12H2,1-2H3,(H,18,21). The molecule has 1 aliphatic rings. The maximum Gasteiger partial charge on any atom is 0.169 e. The maximum absolute atomic E-state index is 6.31. The van der Waals surface area contributed by atoms with Crippen molar-refractivity contribution in [3.8, 4) is 0 Å². The van der Waals surface area contributed by atoms with Gasteiger partial charge in [0.15, 0.2) is 5.11 Å². The first kappa shape index (κ1) is 16.5. The first-order chi connectivity index (χ1) is 10.1. The van der Waals surface area contributed by atoms with Crippen molar-refractivity contribution in [1.29, 1.82) is 0 Å². The molecule has 0 bridgehead atoms. The number of hydrogen-bond acceptors (Lipinski definition) is 2. The Labute approximate surface area is 138 Å². The van der Waals surface area contributed by atoms with E-state index >= 15 is 0 Å². The molecule has 1 saturated heterocycles. The summed E-state index contributed by atoms with van der Waals surface area (Å²) in [6.07, 6.45) is 2.29. The summed E-state index contributed by atoms with van der Waals surface area (Å²) in [5, 5.41) is 4.95. The highest BCUT2D eigenvalue weighted by Gasteiger charge is 2.25. The second-order valence-electron chi connectivity index (χ2n) is 5.59. The van der Waals surface area contributed by atoms with E-state index in [0.29, 0.717) is 6.04 Å². The number of hydrogen-bond donors (Lipinski definition) is 1. The highest BCUT2D eigenvalue weighted by molar-refractivity contribution is 7.80. The average Bonchev–Trinajstić information content (AvgIpc) is 2.48. The van der Waals surface area contributed by atoms with Gasteiger partial charge in [-0.15, -0.1) is 0 Å². The van der Waals surface area contributed by atoms with Gasteiger partial charge < -0.3 is 15.1 Å². The molecule has 0 radical (unpaired) electrons. The molecule has 1 heterocycles. The lowest BCUT2D eigenvalue weighted by molar-refractivity contribution is 0.171. The number of nitrogens with zero attached hydrogens (tertiary/aromatic N) is 2. The second-order valence-corrected chi connectivity index (χ2v) is 6.38. The summed E-state index contributed by atoms with van der Waals surface area (Å²) < 4.78 is 0. The van der Waals surface area contributed by atoms with Crippen molar-refractivity contribution >= 4 is 28.9 Å². The van der Waals surface area contributed by atoms with Crippen molar-refractivity contribution in [2.45, 2.75) is 32.4 Å². The molecule has 2 rings (SSSR count). The third-order valence-corrected chi connectivity index (χ3v) is 4.76. The molecule has 0 atom stereocenters. The van der Waals surface area contributed by atoms with Gasteiger partial charge in [0.25, 0.3) is 0 Å². The molecule has 116 valence electrons. The Bertz CT molecular complexity index is 472. The molecule has 1 aromatic carbocycles. The zero-order valence-electron chi connectivity index (χ0n) is 12.8. The van der Waals surface area contributed by atoms with Crippen LogP contribution < -0.4 is 5.32 Å². The van der Waals surface area contributed by atoms with E-state index in [1.807, 2.05) is 18.2 Å². The van der Waals surface area contributed by atoms with Crippen molar-refractivity contribution in [1.82, 2.24) is 15.1 Å². The van der Waals surface area contributed by atoms with E-state index in [0.717, 1.165) is 54.7 Å². The lowest BCUT2D eigenvalue weighted by Crippen LogP contribution is -2.49. The highest BCUT2D eigenvalue weighted by Crippen LogP contribution is 2.22. The SMILES string of the molecule is CCNC(=S)N(Cc1ccccc1Cl)C1CCN(C)CC1. The van der Waals surface area contributed by atoms with E-state index in [1.165, 1.54) is 0 Å². The van der Waals surface area contributed by atoms with Crippen LogP contribution >= 0.6 is 23.8 Å². The summed E-state index contributed by atoms with van der Waals surface area (Å²) in [5.74, 6) is 0. The maximum atomic E-state index is 6.31. The number of nitrogens with one attached hydrogen (secondary N) is 1.